The van der Waals surface area contributed by atoms with Crippen molar-refractivity contribution >= 4 is 22.4 Å². The van der Waals surface area contributed by atoms with E-state index in [1.165, 1.54) is 11.5 Å². The largest absolute Gasteiger partial charge is 0.313 e. The highest BCUT2D eigenvalue weighted by Gasteiger charge is 2.40. The first-order valence-corrected chi connectivity index (χ1v) is 6.38. The molecule has 1 saturated heterocycles. The van der Waals surface area contributed by atoms with Crippen LogP contribution in [0.3, 0.4) is 0 Å². The van der Waals surface area contributed by atoms with Gasteiger partial charge in [-0.2, -0.15) is 0 Å². The standard InChI is InChI=1S/C10H16N4OS/c1-2-4-10(5-3-6-11-10)9(15)13-8-7-12-14-16-8/h7,11H,2-6H2,1H3,(H,13,15). The lowest BCUT2D eigenvalue weighted by atomic mass is 9.91. The predicted octanol–water partition coefficient (Wildman–Crippen LogP) is 1.40. The molecule has 0 radical (unpaired) electrons. The molecule has 0 bridgehead atoms. The lowest BCUT2D eigenvalue weighted by molar-refractivity contribution is -0.122. The molecule has 88 valence electrons. The third kappa shape index (κ3) is 2.22. The maximum absolute atomic E-state index is 12.2. The lowest BCUT2D eigenvalue weighted by Crippen LogP contribution is -2.50. The van der Waals surface area contributed by atoms with Crippen molar-refractivity contribution in [3.63, 3.8) is 0 Å². The summed E-state index contributed by atoms with van der Waals surface area (Å²) >= 11 is 1.21. The minimum Gasteiger partial charge on any atom is -0.313 e. The van der Waals surface area contributed by atoms with Crippen LogP contribution in [-0.2, 0) is 4.79 Å². The molecule has 1 aromatic rings. The van der Waals surface area contributed by atoms with Crippen molar-refractivity contribution < 1.29 is 4.79 Å². The number of nitrogens with zero attached hydrogens (tertiary/aromatic N) is 2. The molecule has 0 saturated carbocycles. The summed E-state index contributed by atoms with van der Waals surface area (Å²) in [7, 11) is 0. The summed E-state index contributed by atoms with van der Waals surface area (Å²) in [6.45, 7) is 3.03. The van der Waals surface area contributed by atoms with Gasteiger partial charge in [0.25, 0.3) is 0 Å². The Labute approximate surface area is 98.8 Å². The maximum atomic E-state index is 12.2. The van der Waals surface area contributed by atoms with E-state index in [-0.39, 0.29) is 11.4 Å². The summed E-state index contributed by atoms with van der Waals surface area (Å²) in [6.07, 6.45) is 5.44. The Balaban J connectivity index is 2.05. The van der Waals surface area contributed by atoms with Gasteiger partial charge in [0.1, 0.15) is 5.00 Å². The molecule has 1 atom stereocenters. The predicted molar refractivity (Wildman–Crippen MR) is 63.4 cm³/mol. The van der Waals surface area contributed by atoms with Crippen LogP contribution in [0.2, 0.25) is 0 Å². The van der Waals surface area contributed by atoms with Crippen molar-refractivity contribution in [2.24, 2.45) is 0 Å². The third-order valence-corrected chi connectivity index (χ3v) is 3.53. The Morgan fingerprint density at radius 1 is 1.75 bits per heavy atom. The SMILES string of the molecule is CCCC1(C(=O)Nc2cnns2)CCCN1. The van der Waals surface area contributed by atoms with Gasteiger partial charge in [-0.15, -0.1) is 5.10 Å². The van der Waals surface area contributed by atoms with E-state index in [1.807, 2.05) is 0 Å². The fourth-order valence-electron chi connectivity index (χ4n) is 2.21. The topological polar surface area (TPSA) is 66.9 Å². The first-order valence-electron chi connectivity index (χ1n) is 5.61. The first-order chi connectivity index (χ1) is 7.77. The Hall–Kier alpha value is -1.01. The van der Waals surface area contributed by atoms with Crippen LogP contribution in [0.4, 0.5) is 5.00 Å². The number of carbonyl (C=O) groups is 1. The van der Waals surface area contributed by atoms with Crippen LogP contribution in [0.25, 0.3) is 0 Å². The molecule has 1 aliphatic heterocycles. The molecule has 2 N–H and O–H groups in total. The van der Waals surface area contributed by atoms with Gasteiger partial charge >= 0.3 is 0 Å². The van der Waals surface area contributed by atoms with Crippen LogP contribution >= 0.6 is 11.5 Å². The van der Waals surface area contributed by atoms with E-state index in [0.29, 0.717) is 5.00 Å². The molecule has 1 fully saturated rings. The third-order valence-electron chi connectivity index (χ3n) is 2.95. The highest BCUT2D eigenvalue weighted by molar-refractivity contribution is 7.10. The Morgan fingerprint density at radius 2 is 2.62 bits per heavy atom. The van der Waals surface area contributed by atoms with E-state index in [0.717, 1.165) is 32.2 Å². The molecule has 1 amide bonds. The van der Waals surface area contributed by atoms with Crippen LogP contribution in [0.5, 0.6) is 0 Å². The van der Waals surface area contributed by atoms with E-state index >= 15 is 0 Å². The van der Waals surface area contributed by atoms with Crippen molar-refractivity contribution in [1.82, 2.24) is 14.9 Å². The minimum atomic E-state index is -0.376. The van der Waals surface area contributed by atoms with Crippen LogP contribution < -0.4 is 10.6 Å². The van der Waals surface area contributed by atoms with E-state index in [9.17, 15) is 4.79 Å². The summed E-state index contributed by atoms with van der Waals surface area (Å²) < 4.78 is 3.73. The molecular formula is C10H16N4OS. The smallest absolute Gasteiger partial charge is 0.245 e. The van der Waals surface area contributed by atoms with Gasteiger partial charge in [0.05, 0.1) is 11.7 Å². The maximum Gasteiger partial charge on any atom is 0.245 e. The van der Waals surface area contributed by atoms with Gasteiger partial charge in [-0.25, -0.2) is 0 Å². The van der Waals surface area contributed by atoms with Gasteiger partial charge in [-0.1, -0.05) is 17.8 Å². The van der Waals surface area contributed by atoms with Gasteiger partial charge in [0, 0.05) is 11.5 Å². The zero-order valence-corrected chi connectivity index (χ0v) is 10.1. The number of nitrogens with one attached hydrogen (secondary N) is 2. The number of aromatic nitrogens is 2. The summed E-state index contributed by atoms with van der Waals surface area (Å²) in [4.78, 5) is 12.2. The summed E-state index contributed by atoms with van der Waals surface area (Å²) in [5.74, 6) is 0.0536. The number of amides is 1. The molecule has 1 aliphatic rings. The molecule has 0 aromatic carbocycles. The highest BCUT2D eigenvalue weighted by atomic mass is 32.1. The molecule has 2 rings (SSSR count). The van der Waals surface area contributed by atoms with Crippen molar-refractivity contribution in [3.05, 3.63) is 6.20 Å². The van der Waals surface area contributed by atoms with Crippen LogP contribution in [-0.4, -0.2) is 27.6 Å². The van der Waals surface area contributed by atoms with Crippen molar-refractivity contribution in [2.45, 2.75) is 38.1 Å². The van der Waals surface area contributed by atoms with Gasteiger partial charge < -0.3 is 10.6 Å². The second-order valence-electron chi connectivity index (χ2n) is 4.10. The summed E-state index contributed by atoms with van der Waals surface area (Å²) in [5.41, 5.74) is -0.376. The van der Waals surface area contributed by atoms with E-state index in [1.54, 1.807) is 6.20 Å². The summed E-state index contributed by atoms with van der Waals surface area (Å²) in [5, 5.41) is 10.6. The van der Waals surface area contributed by atoms with Gasteiger partial charge in [-0.05, 0) is 25.8 Å². The molecular weight excluding hydrogens is 224 g/mol. The molecule has 5 nitrogen and oxygen atoms in total. The number of rotatable bonds is 4. The van der Waals surface area contributed by atoms with E-state index < -0.39 is 0 Å². The summed E-state index contributed by atoms with van der Waals surface area (Å²) in [6, 6.07) is 0. The van der Waals surface area contributed by atoms with Crippen LogP contribution in [0, 0.1) is 0 Å². The fraction of sp³-hybridized carbons (Fsp3) is 0.700. The first kappa shape index (κ1) is 11.5. The zero-order valence-electron chi connectivity index (χ0n) is 9.32. The monoisotopic (exact) mass is 240 g/mol. The molecule has 1 aromatic heterocycles. The van der Waals surface area contributed by atoms with E-state index in [2.05, 4.69) is 27.1 Å². The number of hydrogen-bond donors (Lipinski definition) is 2. The quantitative estimate of drug-likeness (QED) is 0.835. The Morgan fingerprint density at radius 3 is 3.19 bits per heavy atom. The van der Waals surface area contributed by atoms with Crippen LogP contribution in [0.1, 0.15) is 32.6 Å². The molecule has 0 aliphatic carbocycles. The zero-order chi connectivity index (χ0) is 11.4. The van der Waals surface area contributed by atoms with Crippen molar-refractivity contribution in [2.75, 3.05) is 11.9 Å². The average Bonchev–Trinajstić information content (AvgIpc) is 2.89. The number of anilines is 1. The Kier molecular flexibility index (Phi) is 3.50. The molecule has 16 heavy (non-hydrogen) atoms. The lowest BCUT2D eigenvalue weighted by Gasteiger charge is -2.27. The van der Waals surface area contributed by atoms with Gasteiger partial charge in [0.2, 0.25) is 5.91 Å². The Bertz CT molecular complexity index is 346. The molecule has 0 spiro atoms. The van der Waals surface area contributed by atoms with E-state index in [4.69, 9.17) is 0 Å². The fourth-order valence-corrected chi connectivity index (χ4v) is 2.62. The number of hydrogen-bond acceptors (Lipinski definition) is 5. The molecule has 6 heteroatoms. The number of carbonyl (C=O) groups excluding carboxylic acids is 1. The van der Waals surface area contributed by atoms with Gasteiger partial charge in [0.15, 0.2) is 0 Å². The average molecular weight is 240 g/mol. The normalized spacial score (nSPS) is 24.6. The van der Waals surface area contributed by atoms with Crippen molar-refractivity contribution in [1.29, 1.82) is 0 Å². The van der Waals surface area contributed by atoms with Crippen molar-refractivity contribution in [3.8, 4) is 0 Å². The second-order valence-corrected chi connectivity index (χ2v) is 4.88. The highest BCUT2D eigenvalue weighted by Crippen LogP contribution is 2.26. The van der Waals surface area contributed by atoms with Gasteiger partial charge in [-0.3, -0.25) is 4.79 Å². The second kappa shape index (κ2) is 4.88. The minimum absolute atomic E-state index is 0.0536. The molecule has 1 unspecified atom stereocenters. The van der Waals surface area contributed by atoms with Crippen LogP contribution in [0.15, 0.2) is 6.20 Å². The molecule has 2 heterocycles.